The highest BCUT2D eigenvalue weighted by Gasteiger charge is 2.15. The van der Waals surface area contributed by atoms with Crippen LogP contribution in [-0.2, 0) is 4.74 Å². The van der Waals surface area contributed by atoms with Crippen molar-refractivity contribution >= 4 is 27.7 Å². The van der Waals surface area contributed by atoms with E-state index in [4.69, 9.17) is 4.74 Å². The Morgan fingerprint density at radius 2 is 2.25 bits per heavy atom. The average Bonchev–Trinajstić information content (AvgIpc) is 2.43. The highest BCUT2D eigenvalue weighted by Crippen LogP contribution is 2.18. The fourth-order valence-corrected chi connectivity index (χ4v) is 1.97. The van der Waals surface area contributed by atoms with Crippen LogP contribution in [0.1, 0.15) is 37.6 Å². The molecule has 1 unspecified atom stereocenters. The monoisotopic (exact) mass is 343 g/mol. The minimum Gasteiger partial charge on any atom is -0.380 e. The average molecular weight is 344 g/mol. The second kappa shape index (κ2) is 8.92. The standard InChI is InChI=1S/C14H22BrN3O2/c1-4-6-16-13-12(7-11(15)8-17-13)14(19)18-10(3)9-20-5-2/h7-8,10H,4-6,9H2,1-3H3,(H,16,17)(H,18,19). The molecule has 1 aromatic rings. The van der Waals surface area contributed by atoms with Crippen LogP contribution in [0.15, 0.2) is 16.7 Å². The molecule has 1 atom stereocenters. The van der Waals surface area contributed by atoms with Crippen molar-refractivity contribution in [1.82, 2.24) is 10.3 Å². The molecule has 6 heteroatoms. The van der Waals surface area contributed by atoms with Gasteiger partial charge in [0.15, 0.2) is 0 Å². The number of ether oxygens (including phenoxy) is 1. The molecule has 0 aromatic carbocycles. The van der Waals surface area contributed by atoms with E-state index in [0.29, 0.717) is 24.6 Å². The first-order chi connectivity index (χ1) is 9.58. The summed E-state index contributed by atoms with van der Waals surface area (Å²) in [5.41, 5.74) is 0.538. The molecule has 0 aliphatic rings. The molecule has 0 spiro atoms. The SMILES string of the molecule is CCCNc1ncc(Br)cc1C(=O)NC(C)COCC. The number of carbonyl (C=O) groups excluding carboxylic acids is 1. The molecule has 1 rings (SSSR count). The summed E-state index contributed by atoms with van der Waals surface area (Å²) >= 11 is 3.35. The van der Waals surface area contributed by atoms with Crippen LogP contribution in [0.5, 0.6) is 0 Å². The quantitative estimate of drug-likeness (QED) is 0.761. The lowest BCUT2D eigenvalue weighted by Crippen LogP contribution is -2.36. The van der Waals surface area contributed by atoms with Gasteiger partial charge in [-0.05, 0) is 42.3 Å². The second-order valence-corrected chi connectivity index (χ2v) is 5.43. The maximum atomic E-state index is 12.3. The summed E-state index contributed by atoms with van der Waals surface area (Å²) in [6.07, 6.45) is 2.65. The smallest absolute Gasteiger partial charge is 0.255 e. The Morgan fingerprint density at radius 1 is 1.50 bits per heavy atom. The Kier molecular flexibility index (Phi) is 7.54. The van der Waals surface area contributed by atoms with E-state index in [-0.39, 0.29) is 11.9 Å². The maximum Gasteiger partial charge on any atom is 0.255 e. The van der Waals surface area contributed by atoms with Crippen molar-refractivity contribution < 1.29 is 9.53 Å². The zero-order chi connectivity index (χ0) is 15.0. The van der Waals surface area contributed by atoms with Gasteiger partial charge in [-0.15, -0.1) is 0 Å². The van der Waals surface area contributed by atoms with E-state index in [2.05, 4.69) is 38.5 Å². The lowest BCUT2D eigenvalue weighted by molar-refractivity contribution is 0.0872. The number of anilines is 1. The van der Waals surface area contributed by atoms with Crippen molar-refractivity contribution in [3.8, 4) is 0 Å². The first-order valence-corrected chi connectivity index (χ1v) is 7.65. The number of aromatic nitrogens is 1. The van der Waals surface area contributed by atoms with Crippen molar-refractivity contribution in [2.24, 2.45) is 0 Å². The van der Waals surface area contributed by atoms with Crippen LogP contribution in [-0.4, -0.2) is 36.7 Å². The highest BCUT2D eigenvalue weighted by atomic mass is 79.9. The largest absolute Gasteiger partial charge is 0.380 e. The molecular weight excluding hydrogens is 322 g/mol. The zero-order valence-electron chi connectivity index (χ0n) is 12.2. The van der Waals surface area contributed by atoms with E-state index in [1.54, 1.807) is 12.3 Å². The first-order valence-electron chi connectivity index (χ1n) is 6.86. The Bertz CT molecular complexity index is 440. The summed E-state index contributed by atoms with van der Waals surface area (Å²) in [5, 5.41) is 6.07. The van der Waals surface area contributed by atoms with Gasteiger partial charge in [0.1, 0.15) is 5.82 Å². The van der Waals surface area contributed by atoms with Crippen LogP contribution in [0.4, 0.5) is 5.82 Å². The number of nitrogens with zero attached hydrogens (tertiary/aromatic N) is 1. The number of halogens is 1. The number of hydrogen-bond acceptors (Lipinski definition) is 4. The topological polar surface area (TPSA) is 63.2 Å². The number of rotatable bonds is 8. The minimum atomic E-state index is -0.149. The molecule has 1 aromatic heterocycles. The van der Waals surface area contributed by atoms with Crippen LogP contribution < -0.4 is 10.6 Å². The molecule has 2 N–H and O–H groups in total. The van der Waals surface area contributed by atoms with Crippen LogP contribution >= 0.6 is 15.9 Å². The van der Waals surface area contributed by atoms with Gasteiger partial charge < -0.3 is 15.4 Å². The van der Waals surface area contributed by atoms with Crippen molar-refractivity contribution in [3.05, 3.63) is 22.3 Å². The Balaban J connectivity index is 2.76. The molecule has 1 heterocycles. The third kappa shape index (κ3) is 5.46. The molecule has 0 saturated carbocycles. The predicted octanol–water partition coefficient (Wildman–Crippen LogP) is 2.82. The van der Waals surface area contributed by atoms with Crippen LogP contribution in [0, 0.1) is 0 Å². The number of amides is 1. The number of pyridine rings is 1. The molecule has 112 valence electrons. The molecule has 0 radical (unpaired) electrons. The van der Waals surface area contributed by atoms with Gasteiger partial charge in [0, 0.05) is 29.9 Å². The fourth-order valence-electron chi connectivity index (χ4n) is 1.63. The third-order valence-electron chi connectivity index (χ3n) is 2.59. The lowest BCUT2D eigenvalue weighted by Gasteiger charge is -2.15. The Morgan fingerprint density at radius 3 is 2.90 bits per heavy atom. The van der Waals surface area contributed by atoms with Gasteiger partial charge in [0.05, 0.1) is 12.2 Å². The summed E-state index contributed by atoms with van der Waals surface area (Å²) in [7, 11) is 0. The summed E-state index contributed by atoms with van der Waals surface area (Å²) in [6, 6.07) is 1.73. The van der Waals surface area contributed by atoms with Crippen molar-refractivity contribution in [2.45, 2.75) is 33.2 Å². The molecule has 0 fully saturated rings. The van der Waals surface area contributed by atoms with E-state index < -0.39 is 0 Å². The van der Waals surface area contributed by atoms with Crippen LogP contribution in [0.3, 0.4) is 0 Å². The van der Waals surface area contributed by atoms with Crippen LogP contribution in [0.25, 0.3) is 0 Å². The lowest BCUT2D eigenvalue weighted by atomic mass is 10.2. The summed E-state index contributed by atoms with van der Waals surface area (Å²) in [6.45, 7) is 7.83. The summed E-state index contributed by atoms with van der Waals surface area (Å²) in [5.74, 6) is 0.459. The van der Waals surface area contributed by atoms with Crippen molar-refractivity contribution in [2.75, 3.05) is 25.1 Å². The summed E-state index contributed by atoms with van der Waals surface area (Å²) in [4.78, 5) is 16.5. The number of hydrogen-bond donors (Lipinski definition) is 2. The van der Waals surface area contributed by atoms with E-state index in [1.165, 1.54) is 0 Å². The van der Waals surface area contributed by atoms with Gasteiger partial charge in [0.25, 0.3) is 5.91 Å². The van der Waals surface area contributed by atoms with Crippen molar-refractivity contribution in [1.29, 1.82) is 0 Å². The number of nitrogens with one attached hydrogen (secondary N) is 2. The zero-order valence-corrected chi connectivity index (χ0v) is 13.8. The van der Waals surface area contributed by atoms with E-state index in [9.17, 15) is 4.79 Å². The van der Waals surface area contributed by atoms with E-state index in [1.807, 2.05) is 13.8 Å². The van der Waals surface area contributed by atoms with Gasteiger partial charge in [0.2, 0.25) is 0 Å². The fraction of sp³-hybridized carbons (Fsp3) is 0.571. The predicted molar refractivity (Wildman–Crippen MR) is 84.1 cm³/mol. The summed E-state index contributed by atoms with van der Waals surface area (Å²) < 4.78 is 6.08. The normalized spacial score (nSPS) is 12.0. The van der Waals surface area contributed by atoms with Gasteiger partial charge >= 0.3 is 0 Å². The van der Waals surface area contributed by atoms with Gasteiger partial charge in [-0.25, -0.2) is 4.98 Å². The molecule has 0 saturated heterocycles. The Labute approximate surface area is 128 Å². The van der Waals surface area contributed by atoms with Gasteiger partial charge in [-0.2, -0.15) is 0 Å². The first kappa shape index (κ1) is 16.9. The molecule has 5 nitrogen and oxygen atoms in total. The highest BCUT2D eigenvalue weighted by molar-refractivity contribution is 9.10. The minimum absolute atomic E-state index is 0.0412. The van der Waals surface area contributed by atoms with Crippen molar-refractivity contribution in [3.63, 3.8) is 0 Å². The Hall–Kier alpha value is -1.14. The van der Waals surface area contributed by atoms with Crippen LogP contribution in [0.2, 0.25) is 0 Å². The third-order valence-corrected chi connectivity index (χ3v) is 3.02. The molecular formula is C14H22BrN3O2. The number of carbonyl (C=O) groups is 1. The van der Waals surface area contributed by atoms with E-state index >= 15 is 0 Å². The maximum absolute atomic E-state index is 12.3. The molecule has 0 aliphatic heterocycles. The van der Waals surface area contributed by atoms with Gasteiger partial charge in [-0.1, -0.05) is 6.92 Å². The molecule has 0 bridgehead atoms. The molecule has 0 aliphatic carbocycles. The molecule has 1 amide bonds. The van der Waals surface area contributed by atoms with E-state index in [0.717, 1.165) is 17.4 Å². The molecule has 20 heavy (non-hydrogen) atoms. The second-order valence-electron chi connectivity index (χ2n) is 4.51. The van der Waals surface area contributed by atoms with Gasteiger partial charge in [-0.3, -0.25) is 4.79 Å².